The number of hydrogen-bond acceptors (Lipinski definition) is 2. The highest BCUT2D eigenvalue weighted by Crippen LogP contribution is 2.30. The van der Waals surface area contributed by atoms with Crippen molar-refractivity contribution in [2.75, 3.05) is 6.61 Å². The van der Waals surface area contributed by atoms with Crippen LogP contribution in [0.5, 0.6) is 5.75 Å². The summed E-state index contributed by atoms with van der Waals surface area (Å²) in [5.74, 6) is 0.904. The molecule has 1 aliphatic heterocycles. The monoisotopic (exact) mass is 188 g/mol. The zero-order valence-electron chi connectivity index (χ0n) is 8.33. The van der Waals surface area contributed by atoms with Gasteiger partial charge in [-0.2, -0.15) is 0 Å². The SMILES string of the molecule is Cc1cc(C)c2c(c1)C=C(C=O)CO2. The fourth-order valence-corrected chi connectivity index (χ4v) is 1.76. The molecule has 0 atom stereocenters. The van der Waals surface area contributed by atoms with Crippen molar-refractivity contribution in [1.82, 2.24) is 0 Å². The Balaban J connectivity index is 2.57. The number of carbonyl (C=O) groups is 1. The first kappa shape index (κ1) is 9.00. The third-order valence-electron chi connectivity index (χ3n) is 2.32. The van der Waals surface area contributed by atoms with Gasteiger partial charge in [-0.25, -0.2) is 0 Å². The maximum absolute atomic E-state index is 10.6. The molecule has 2 nitrogen and oxygen atoms in total. The second-order valence-electron chi connectivity index (χ2n) is 3.63. The van der Waals surface area contributed by atoms with E-state index in [9.17, 15) is 4.79 Å². The molecule has 0 fully saturated rings. The van der Waals surface area contributed by atoms with Gasteiger partial charge in [0.05, 0.1) is 0 Å². The number of aldehydes is 1. The molecule has 0 spiro atoms. The van der Waals surface area contributed by atoms with E-state index in [1.165, 1.54) is 5.56 Å². The van der Waals surface area contributed by atoms with E-state index in [1.54, 1.807) is 0 Å². The van der Waals surface area contributed by atoms with E-state index in [0.29, 0.717) is 12.2 Å². The lowest BCUT2D eigenvalue weighted by Gasteiger charge is -2.17. The average Bonchev–Trinajstić information content (AvgIpc) is 2.16. The summed E-state index contributed by atoms with van der Waals surface area (Å²) in [7, 11) is 0. The van der Waals surface area contributed by atoms with E-state index in [4.69, 9.17) is 4.74 Å². The molecule has 2 heteroatoms. The molecule has 1 aliphatic rings. The van der Waals surface area contributed by atoms with Crippen molar-refractivity contribution in [3.05, 3.63) is 34.4 Å². The summed E-state index contributed by atoms with van der Waals surface area (Å²) in [5, 5.41) is 0. The van der Waals surface area contributed by atoms with Gasteiger partial charge in [-0.15, -0.1) is 0 Å². The molecule has 0 bridgehead atoms. The second kappa shape index (κ2) is 3.29. The highest BCUT2D eigenvalue weighted by Gasteiger charge is 2.13. The van der Waals surface area contributed by atoms with E-state index in [2.05, 4.69) is 6.07 Å². The van der Waals surface area contributed by atoms with Gasteiger partial charge >= 0.3 is 0 Å². The standard InChI is InChI=1S/C12H12O2/c1-8-3-9(2)12-11(4-8)5-10(6-13)7-14-12/h3-6H,7H2,1-2H3. The second-order valence-corrected chi connectivity index (χ2v) is 3.63. The molecule has 0 aromatic heterocycles. The van der Waals surface area contributed by atoms with Gasteiger partial charge in [0.25, 0.3) is 0 Å². The Kier molecular flexibility index (Phi) is 2.12. The molecule has 0 saturated heterocycles. The maximum Gasteiger partial charge on any atom is 0.149 e. The third kappa shape index (κ3) is 1.43. The van der Waals surface area contributed by atoms with Crippen molar-refractivity contribution in [2.45, 2.75) is 13.8 Å². The van der Waals surface area contributed by atoms with Crippen molar-refractivity contribution < 1.29 is 9.53 Å². The Morgan fingerprint density at radius 1 is 1.36 bits per heavy atom. The van der Waals surface area contributed by atoms with E-state index >= 15 is 0 Å². The number of benzene rings is 1. The highest BCUT2D eigenvalue weighted by atomic mass is 16.5. The van der Waals surface area contributed by atoms with Crippen LogP contribution in [-0.4, -0.2) is 12.9 Å². The Labute approximate surface area is 83.2 Å². The van der Waals surface area contributed by atoms with Gasteiger partial charge in [0.2, 0.25) is 0 Å². The number of fused-ring (bicyclic) bond motifs is 1. The van der Waals surface area contributed by atoms with Crippen LogP contribution < -0.4 is 4.74 Å². The quantitative estimate of drug-likeness (QED) is 0.632. The van der Waals surface area contributed by atoms with Gasteiger partial charge in [0.1, 0.15) is 18.6 Å². The number of carbonyl (C=O) groups excluding carboxylic acids is 1. The zero-order chi connectivity index (χ0) is 10.1. The number of rotatable bonds is 1. The van der Waals surface area contributed by atoms with Gasteiger partial charge < -0.3 is 4.74 Å². The summed E-state index contributed by atoms with van der Waals surface area (Å²) in [6, 6.07) is 4.11. The molecule has 0 N–H and O–H groups in total. The van der Waals surface area contributed by atoms with Crippen molar-refractivity contribution in [3.8, 4) is 5.75 Å². The molecule has 1 heterocycles. The molecule has 14 heavy (non-hydrogen) atoms. The summed E-state index contributed by atoms with van der Waals surface area (Å²) in [6.45, 7) is 4.45. The average molecular weight is 188 g/mol. The summed E-state index contributed by atoms with van der Waals surface area (Å²) >= 11 is 0. The topological polar surface area (TPSA) is 26.3 Å². The lowest BCUT2D eigenvalue weighted by Crippen LogP contribution is -2.09. The highest BCUT2D eigenvalue weighted by molar-refractivity contribution is 5.84. The number of hydrogen-bond donors (Lipinski definition) is 0. The van der Waals surface area contributed by atoms with E-state index in [-0.39, 0.29) is 0 Å². The first-order valence-corrected chi connectivity index (χ1v) is 4.60. The van der Waals surface area contributed by atoms with Crippen LogP contribution in [0.25, 0.3) is 6.08 Å². The molecule has 72 valence electrons. The molecule has 0 saturated carbocycles. The molecule has 2 rings (SSSR count). The summed E-state index contributed by atoms with van der Waals surface area (Å²) in [4.78, 5) is 10.6. The molecule has 1 aromatic rings. The first-order valence-electron chi connectivity index (χ1n) is 4.60. The van der Waals surface area contributed by atoms with Crippen molar-refractivity contribution in [2.24, 2.45) is 0 Å². The van der Waals surface area contributed by atoms with Crippen LogP contribution in [0.3, 0.4) is 0 Å². The van der Waals surface area contributed by atoms with Crippen molar-refractivity contribution >= 4 is 12.4 Å². The van der Waals surface area contributed by atoms with Crippen LogP contribution in [0.2, 0.25) is 0 Å². The van der Waals surface area contributed by atoms with Crippen molar-refractivity contribution in [3.63, 3.8) is 0 Å². The number of ether oxygens (including phenoxy) is 1. The predicted molar refractivity (Wildman–Crippen MR) is 55.5 cm³/mol. The normalized spacial score (nSPS) is 14.0. The maximum atomic E-state index is 10.6. The first-order chi connectivity index (χ1) is 6.70. The fourth-order valence-electron chi connectivity index (χ4n) is 1.76. The minimum atomic E-state index is 0.389. The lowest BCUT2D eigenvalue weighted by molar-refractivity contribution is -0.105. The van der Waals surface area contributed by atoms with Gasteiger partial charge in [-0.3, -0.25) is 4.79 Å². The van der Waals surface area contributed by atoms with Crippen LogP contribution in [-0.2, 0) is 4.79 Å². The molecule has 0 amide bonds. The Morgan fingerprint density at radius 2 is 2.14 bits per heavy atom. The Hall–Kier alpha value is -1.57. The van der Waals surface area contributed by atoms with Gasteiger partial charge in [0, 0.05) is 11.1 Å². The fraction of sp³-hybridized carbons (Fsp3) is 0.250. The summed E-state index contributed by atoms with van der Waals surface area (Å²) < 4.78 is 5.51. The molecule has 0 unspecified atom stereocenters. The van der Waals surface area contributed by atoms with Crippen molar-refractivity contribution in [1.29, 1.82) is 0 Å². The molecule has 1 aromatic carbocycles. The smallest absolute Gasteiger partial charge is 0.149 e. The Bertz CT molecular complexity index is 417. The van der Waals surface area contributed by atoms with Crippen LogP contribution in [0.15, 0.2) is 17.7 Å². The molecular formula is C12H12O2. The van der Waals surface area contributed by atoms with E-state index in [1.807, 2.05) is 26.0 Å². The third-order valence-corrected chi connectivity index (χ3v) is 2.32. The molecule has 0 aliphatic carbocycles. The zero-order valence-corrected chi connectivity index (χ0v) is 8.33. The van der Waals surface area contributed by atoms with Crippen LogP contribution in [0.1, 0.15) is 16.7 Å². The van der Waals surface area contributed by atoms with Crippen LogP contribution >= 0.6 is 0 Å². The summed E-state index contributed by atoms with van der Waals surface area (Å²) in [5.41, 5.74) is 4.02. The van der Waals surface area contributed by atoms with Crippen LogP contribution in [0.4, 0.5) is 0 Å². The minimum Gasteiger partial charge on any atom is -0.488 e. The largest absolute Gasteiger partial charge is 0.488 e. The van der Waals surface area contributed by atoms with Crippen LogP contribution in [0, 0.1) is 13.8 Å². The molecule has 0 radical (unpaired) electrons. The lowest BCUT2D eigenvalue weighted by atomic mass is 10.0. The van der Waals surface area contributed by atoms with Gasteiger partial charge in [0.15, 0.2) is 0 Å². The van der Waals surface area contributed by atoms with Gasteiger partial charge in [-0.05, 0) is 31.6 Å². The van der Waals surface area contributed by atoms with Gasteiger partial charge in [-0.1, -0.05) is 11.6 Å². The summed E-state index contributed by atoms with van der Waals surface area (Å²) in [6.07, 6.45) is 2.74. The number of aryl methyl sites for hydroxylation is 2. The predicted octanol–water partition coefficient (Wildman–Crippen LogP) is 2.28. The van der Waals surface area contributed by atoms with E-state index in [0.717, 1.165) is 23.2 Å². The Morgan fingerprint density at radius 3 is 2.86 bits per heavy atom. The van der Waals surface area contributed by atoms with E-state index < -0.39 is 0 Å². The molecular weight excluding hydrogens is 176 g/mol. The minimum absolute atomic E-state index is 0.389.